The number of hydrogen-bond acceptors (Lipinski definition) is 7. The monoisotopic (exact) mass is 425 g/mol. The van der Waals surface area contributed by atoms with Crippen LogP contribution >= 0.6 is 0 Å². The molecule has 29 heavy (non-hydrogen) atoms. The molecular weight excluding hydrogens is 402 g/mol. The number of aromatic nitrogens is 1. The maximum Gasteiger partial charge on any atom is 0.305 e. The van der Waals surface area contributed by atoms with Crippen molar-refractivity contribution in [3.8, 4) is 0 Å². The zero-order valence-electron chi connectivity index (χ0n) is 16.1. The van der Waals surface area contributed by atoms with Crippen molar-refractivity contribution in [2.75, 3.05) is 13.7 Å². The quantitative estimate of drug-likeness (QED) is 0.333. The molecule has 0 spiro atoms. The maximum atomic E-state index is 12.3. The van der Waals surface area contributed by atoms with E-state index in [1.54, 1.807) is 23.7 Å². The van der Waals surface area contributed by atoms with Crippen molar-refractivity contribution < 1.29 is 28.0 Å². The van der Waals surface area contributed by atoms with Crippen LogP contribution < -0.4 is 4.72 Å². The van der Waals surface area contributed by atoms with Crippen LogP contribution in [0, 0.1) is 10.1 Å². The summed E-state index contributed by atoms with van der Waals surface area (Å²) < 4.78 is 33.4. The van der Waals surface area contributed by atoms with E-state index in [0.29, 0.717) is 12.1 Å². The molecule has 10 nitrogen and oxygen atoms in total. The van der Waals surface area contributed by atoms with E-state index in [1.165, 1.54) is 19.2 Å². The zero-order chi connectivity index (χ0) is 21.6. The lowest BCUT2D eigenvalue weighted by Gasteiger charge is -2.13. The molecule has 0 aliphatic heterocycles. The number of non-ortho nitro benzene ring substituents is 1. The van der Waals surface area contributed by atoms with Crippen LogP contribution in [-0.4, -0.2) is 42.6 Å². The molecule has 0 fully saturated rings. The van der Waals surface area contributed by atoms with Gasteiger partial charge in [0.2, 0.25) is 10.0 Å². The van der Waals surface area contributed by atoms with E-state index in [9.17, 15) is 28.4 Å². The summed E-state index contributed by atoms with van der Waals surface area (Å²) in [6, 6.07) is 8.12. The number of carbonyl (C=O) groups excluding carboxylic acids is 1. The molecule has 1 unspecified atom stereocenters. The molecule has 0 radical (unpaired) electrons. The number of rotatable bonds is 10. The van der Waals surface area contributed by atoms with Gasteiger partial charge in [0.1, 0.15) is 0 Å². The standard InChI is InChI=1S/C18H23N3O7S/c1-20-13(5-8-16(20)17(22)9-10-18(23)28-2)11-12-19-29(26,27)15-6-3-14(4-7-15)21(24)25/h3-8,17,19,22H,9-12H2,1-2H3. The fourth-order valence-electron chi connectivity index (χ4n) is 2.80. The van der Waals surface area contributed by atoms with Crippen molar-refractivity contribution >= 4 is 21.7 Å². The van der Waals surface area contributed by atoms with Crippen LogP contribution in [0.3, 0.4) is 0 Å². The number of nitrogens with one attached hydrogen (secondary N) is 1. The van der Waals surface area contributed by atoms with Gasteiger partial charge in [-0.1, -0.05) is 0 Å². The van der Waals surface area contributed by atoms with E-state index in [2.05, 4.69) is 9.46 Å². The lowest BCUT2D eigenvalue weighted by molar-refractivity contribution is -0.384. The molecule has 2 rings (SSSR count). The van der Waals surface area contributed by atoms with Gasteiger partial charge in [0, 0.05) is 50.0 Å². The minimum atomic E-state index is -3.80. The number of nitro benzene ring substituents is 1. The number of sulfonamides is 1. The van der Waals surface area contributed by atoms with Crippen LogP contribution in [-0.2, 0) is 33.0 Å². The van der Waals surface area contributed by atoms with E-state index in [4.69, 9.17) is 0 Å². The molecule has 2 aromatic rings. The Morgan fingerprint density at radius 3 is 2.52 bits per heavy atom. The zero-order valence-corrected chi connectivity index (χ0v) is 16.9. The van der Waals surface area contributed by atoms with Crippen LogP contribution in [0.4, 0.5) is 5.69 Å². The van der Waals surface area contributed by atoms with Crippen molar-refractivity contribution in [1.29, 1.82) is 0 Å². The van der Waals surface area contributed by atoms with Crippen LogP contribution in [0.5, 0.6) is 0 Å². The van der Waals surface area contributed by atoms with Gasteiger partial charge in [0.25, 0.3) is 5.69 Å². The van der Waals surface area contributed by atoms with Crippen LogP contribution in [0.1, 0.15) is 30.3 Å². The highest BCUT2D eigenvalue weighted by Gasteiger charge is 2.18. The summed E-state index contributed by atoms with van der Waals surface area (Å²) in [7, 11) is -0.767. The van der Waals surface area contributed by atoms with Gasteiger partial charge < -0.3 is 14.4 Å². The predicted molar refractivity (Wildman–Crippen MR) is 104 cm³/mol. The lowest BCUT2D eigenvalue weighted by Crippen LogP contribution is -2.26. The Hall–Kier alpha value is -2.76. The molecular formula is C18H23N3O7S. The average Bonchev–Trinajstić information content (AvgIpc) is 3.06. The maximum absolute atomic E-state index is 12.3. The Balaban J connectivity index is 1.95. The van der Waals surface area contributed by atoms with Gasteiger partial charge in [-0.3, -0.25) is 14.9 Å². The number of nitrogens with zero attached hydrogens (tertiary/aromatic N) is 2. The molecule has 0 aliphatic rings. The summed E-state index contributed by atoms with van der Waals surface area (Å²) >= 11 is 0. The number of methoxy groups -OCH3 is 1. The number of hydrogen-bond donors (Lipinski definition) is 2. The highest BCUT2D eigenvalue weighted by Crippen LogP contribution is 2.21. The van der Waals surface area contributed by atoms with Crippen molar-refractivity contribution in [3.63, 3.8) is 0 Å². The molecule has 1 aromatic heterocycles. The summed E-state index contributed by atoms with van der Waals surface area (Å²) in [5.74, 6) is -0.404. The van der Waals surface area contributed by atoms with Crippen LogP contribution in [0.2, 0.25) is 0 Å². The third-order valence-electron chi connectivity index (χ3n) is 4.49. The molecule has 0 bridgehead atoms. The Kier molecular flexibility index (Phi) is 7.48. The summed E-state index contributed by atoms with van der Waals surface area (Å²) in [5, 5.41) is 20.9. The number of aliphatic hydroxyl groups excluding tert-OH is 1. The minimum absolute atomic E-state index is 0.0612. The van der Waals surface area contributed by atoms with E-state index >= 15 is 0 Å². The summed E-state index contributed by atoms with van der Waals surface area (Å²) in [5.41, 5.74) is 1.22. The van der Waals surface area contributed by atoms with Crippen LogP contribution in [0.25, 0.3) is 0 Å². The van der Waals surface area contributed by atoms with E-state index in [-0.39, 0.29) is 30.0 Å². The molecule has 1 aromatic carbocycles. The summed E-state index contributed by atoms with van der Waals surface area (Å²) in [6.45, 7) is 0.106. The first-order valence-electron chi connectivity index (χ1n) is 8.79. The van der Waals surface area contributed by atoms with E-state index < -0.39 is 27.0 Å². The van der Waals surface area contributed by atoms with E-state index in [0.717, 1.165) is 17.8 Å². The third kappa shape index (κ3) is 5.86. The fourth-order valence-corrected chi connectivity index (χ4v) is 3.84. The van der Waals surface area contributed by atoms with Gasteiger partial charge in [-0.25, -0.2) is 13.1 Å². The molecule has 0 aliphatic carbocycles. The van der Waals surface area contributed by atoms with Crippen LogP contribution in [0.15, 0.2) is 41.3 Å². The smallest absolute Gasteiger partial charge is 0.305 e. The number of benzene rings is 1. The van der Waals surface area contributed by atoms with Crippen molar-refractivity contribution in [2.45, 2.75) is 30.3 Å². The second-order valence-electron chi connectivity index (χ2n) is 6.34. The minimum Gasteiger partial charge on any atom is -0.469 e. The Labute approximate surface area is 168 Å². The molecule has 11 heteroatoms. The van der Waals surface area contributed by atoms with Gasteiger partial charge in [-0.15, -0.1) is 0 Å². The van der Waals surface area contributed by atoms with Gasteiger partial charge in [-0.2, -0.15) is 0 Å². The highest BCUT2D eigenvalue weighted by molar-refractivity contribution is 7.89. The van der Waals surface area contributed by atoms with Crippen molar-refractivity contribution in [3.05, 3.63) is 57.9 Å². The van der Waals surface area contributed by atoms with Gasteiger partial charge in [-0.05, 0) is 30.7 Å². The molecule has 2 N–H and O–H groups in total. The predicted octanol–water partition coefficient (Wildman–Crippen LogP) is 1.44. The van der Waals surface area contributed by atoms with Gasteiger partial charge in [0.15, 0.2) is 0 Å². The molecule has 0 saturated carbocycles. The first kappa shape index (κ1) is 22.5. The molecule has 158 valence electrons. The Morgan fingerprint density at radius 1 is 1.28 bits per heavy atom. The summed E-state index contributed by atoms with van der Waals surface area (Å²) in [4.78, 5) is 21.2. The third-order valence-corrected chi connectivity index (χ3v) is 5.96. The number of ether oxygens (including phenoxy) is 1. The molecule has 1 heterocycles. The first-order chi connectivity index (χ1) is 13.7. The SMILES string of the molecule is COC(=O)CCC(O)c1ccc(CCNS(=O)(=O)c2ccc([N+](=O)[O-])cc2)n1C. The normalized spacial score (nSPS) is 12.5. The van der Waals surface area contributed by atoms with Gasteiger partial charge in [0.05, 0.1) is 23.0 Å². The largest absolute Gasteiger partial charge is 0.469 e. The average molecular weight is 425 g/mol. The fraction of sp³-hybridized carbons (Fsp3) is 0.389. The first-order valence-corrected chi connectivity index (χ1v) is 10.3. The second-order valence-corrected chi connectivity index (χ2v) is 8.10. The summed E-state index contributed by atoms with van der Waals surface area (Å²) in [6.07, 6.45) is -0.166. The highest BCUT2D eigenvalue weighted by atomic mass is 32.2. The second kappa shape index (κ2) is 9.63. The van der Waals surface area contributed by atoms with Crippen molar-refractivity contribution in [2.24, 2.45) is 7.05 Å². The molecule has 1 atom stereocenters. The van der Waals surface area contributed by atoms with Crippen molar-refractivity contribution in [1.82, 2.24) is 9.29 Å². The topological polar surface area (TPSA) is 141 Å². The number of nitro groups is 1. The number of carbonyl (C=O) groups is 1. The van der Waals surface area contributed by atoms with E-state index in [1.807, 2.05) is 0 Å². The Bertz CT molecular complexity index is 968. The number of esters is 1. The molecule has 0 amide bonds. The number of aliphatic hydroxyl groups is 1. The Morgan fingerprint density at radius 2 is 1.93 bits per heavy atom. The van der Waals surface area contributed by atoms with Gasteiger partial charge >= 0.3 is 5.97 Å². The molecule has 0 saturated heterocycles. The lowest BCUT2D eigenvalue weighted by atomic mass is 10.1.